The molecule has 2 saturated carbocycles. The monoisotopic (exact) mass is 639 g/mol. The Morgan fingerprint density at radius 1 is 1.02 bits per heavy atom. The fraction of sp³-hybridized carbons (Fsp3) is 0.686. The summed E-state index contributed by atoms with van der Waals surface area (Å²) in [5, 5.41) is 19.0. The molecule has 1 aromatic carbocycles. The average Bonchev–Trinajstić information content (AvgIpc) is 3.67. The average molecular weight is 640 g/mol. The molecule has 0 spiro atoms. The van der Waals surface area contributed by atoms with Gasteiger partial charge < -0.3 is 31.7 Å². The van der Waals surface area contributed by atoms with Gasteiger partial charge in [-0.3, -0.25) is 19.2 Å². The third-order valence-corrected chi connectivity index (χ3v) is 10.0. The molecule has 46 heavy (non-hydrogen) atoms. The number of hydrogen-bond donors (Lipinski definition) is 5. The van der Waals surface area contributed by atoms with Gasteiger partial charge in [-0.2, -0.15) is 0 Å². The van der Waals surface area contributed by atoms with Crippen LogP contribution in [0.1, 0.15) is 98.0 Å². The van der Waals surface area contributed by atoms with Crippen molar-refractivity contribution in [3.8, 4) is 5.75 Å². The Morgan fingerprint density at radius 2 is 1.70 bits per heavy atom. The van der Waals surface area contributed by atoms with Gasteiger partial charge in [0.25, 0.3) is 5.91 Å². The van der Waals surface area contributed by atoms with Crippen LogP contribution in [-0.2, 0) is 25.6 Å². The Labute approximate surface area is 272 Å². The van der Waals surface area contributed by atoms with E-state index in [1.165, 1.54) is 0 Å². The van der Waals surface area contributed by atoms with Crippen molar-refractivity contribution in [1.29, 1.82) is 0 Å². The van der Waals surface area contributed by atoms with Crippen LogP contribution in [0.2, 0.25) is 0 Å². The van der Waals surface area contributed by atoms with Crippen molar-refractivity contribution in [2.75, 3.05) is 6.54 Å². The van der Waals surface area contributed by atoms with Crippen molar-refractivity contribution in [3.63, 3.8) is 0 Å². The normalized spacial score (nSPS) is 22.5. The summed E-state index contributed by atoms with van der Waals surface area (Å²) in [5.41, 5.74) is 5.02. The minimum absolute atomic E-state index is 0.0650. The second-order valence-corrected chi connectivity index (χ2v) is 15.2. The van der Waals surface area contributed by atoms with E-state index in [0.717, 1.165) is 50.5 Å². The van der Waals surface area contributed by atoms with Crippen molar-refractivity contribution in [2.45, 2.75) is 122 Å². The summed E-state index contributed by atoms with van der Waals surface area (Å²) in [6, 6.07) is 3.79. The molecule has 11 heteroatoms. The number of Topliss-reactive ketones (excluding diaryl/α,β-unsaturated/α-hetero) is 1. The molecular formula is C35H53N5O6. The van der Waals surface area contributed by atoms with Gasteiger partial charge in [0.1, 0.15) is 17.8 Å². The fourth-order valence-electron chi connectivity index (χ4n) is 7.30. The number of rotatable bonds is 12. The molecule has 3 fully saturated rings. The molecule has 1 heterocycles. The highest BCUT2D eigenvalue weighted by molar-refractivity contribution is 6.37. The van der Waals surface area contributed by atoms with Crippen LogP contribution < -0.4 is 21.7 Å². The third-order valence-electron chi connectivity index (χ3n) is 10.0. The maximum atomic E-state index is 14.4. The van der Waals surface area contributed by atoms with E-state index in [0.29, 0.717) is 25.8 Å². The zero-order valence-corrected chi connectivity index (χ0v) is 28.1. The molecule has 4 rings (SSSR count). The molecule has 0 aromatic heterocycles. The highest BCUT2D eigenvalue weighted by atomic mass is 16.3. The van der Waals surface area contributed by atoms with Crippen molar-refractivity contribution in [1.82, 2.24) is 20.9 Å². The predicted molar refractivity (Wildman–Crippen MR) is 174 cm³/mol. The molecule has 1 saturated heterocycles. The van der Waals surface area contributed by atoms with Crippen molar-refractivity contribution in [3.05, 3.63) is 29.8 Å². The van der Waals surface area contributed by atoms with E-state index < -0.39 is 52.7 Å². The number of ketones is 1. The number of primary amides is 1. The second-order valence-electron chi connectivity index (χ2n) is 15.2. The summed E-state index contributed by atoms with van der Waals surface area (Å²) >= 11 is 0. The quantitative estimate of drug-likeness (QED) is 0.219. The van der Waals surface area contributed by atoms with Crippen LogP contribution in [-0.4, -0.2) is 69.8 Å². The first-order valence-corrected chi connectivity index (χ1v) is 16.9. The molecule has 3 aliphatic rings. The third kappa shape index (κ3) is 8.79. The lowest BCUT2D eigenvalue weighted by Gasteiger charge is -2.40. The number of likely N-dealkylation sites (tertiary alicyclic amines) is 1. The van der Waals surface area contributed by atoms with Crippen LogP contribution in [0.15, 0.2) is 24.3 Å². The zero-order valence-electron chi connectivity index (χ0n) is 28.1. The van der Waals surface area contributed by atoms with Gasteiger partial charge >= 0.3 is 6.03 Å². The van der Waals surface area contributed by atoms with Gasteiger partial charge in [0.2, 0.25) is 17.6 Å². The summed E-state index contributed by atoms with van der Waals surface area (Å²) in [4.78, 5) is 67.9. The highest BCUT2D eigenvalue weighted by Crippen LogP contribution is 2.36. The maximum Gasteiger partial charge on any atom is 0.315 e. The first-order valence-electron chi connectivity index (χ1n) is 16.9. The molecular weight excluding hydrogens is 586 g/mol. The molecule has 0 bridgehead atoms. The molecule has 11 nitrogen and oxygen atoms in total. The summed E-state index contributed by atoms with van der Waals surface area (Å²) in [5.74, 6) is -2.44. The van der Waals surface area contributed by atoms with Crippen LogP contribution >= 0.6 is 0 Å². The highest BCUT2D eigenvalue weighted by Gasteiger charge is 2.48. The van der Waals surface area contributed by atoms with Gasteiger partial charge in [0, 0.05) is 12.1 Å². The van der Waals surface area contributed by atoms with E-state index in [1.807, 2.05) is 40.7 Å². The van der Waals surface area contributed by atoms with Gasteiger partial charge in [-0.25, -0.2) is 4.79 Å². The number of urea groups is 1. The topological polar surface area (TPSA) is 171 Å². The van der Waals surface area contributed by atoms with Crippen molar-refractivity contribution in [2.24, 2.45) is 28.9 Å². The largest absolute Gasteiger partial charge is 0.508 e. The summed E-state index contributed by atoms with van der Waals surface area (Å²) < 4.78 is 0. The van der Waals surface area contributed by atoms with Crippen LogP contribution in [0.5, 0.6) is 5.75 Å². The molecule has 4 atom stereocenters. The number of carbonyl (C=O) groups is 5. The molecule has 1 aliphatic heterocycles. The van der Waals surface area contributed by atoms with Gasteiger partial charge in [0.15, 0.2) is 0 Å². The number of nitrogens with zero attached hydrogens (tertiary/aromatic N) is 1. The van der Waals surface area contributed by atoms with Gasteiger partial charge in [0.05, 0.1) is 6.04 Å². The number of phenolic OH excluding ortho intramolecular Hbond substituents is 1. The Kier molecular flexibility index (Phi) is 11.0. The smallest absolute Gasteiger partial charge is 0.315 e. The van der Waals surface area contributed by atoms with Crippen molar-refractivity contribution < 1.29 is 29.1 Å². The summed E-state index contributed by atoms with van der Waals surface area (Å²) in [6.07, 6.45) is 7.90. The number of phenols is 1. The van der Waals surface area contributed by atoms with Crippen molar-refractivity contribution >= 4 is 29.5 Å². The fourth-order valence-corrected chi connectivity index (χ4v) is 7.30. The van der Waals surface area contributed by atoms with E-state index in [-0.39, 0.29) is 29.4 Å². The molecule has 1 aromatic rings. The van der Waals surface area contributed by atoms with E-state index in [2.05, 4.69) is 16.0 Å². The lowest BCUT2D eigenvalue weighted by atomic mass is 9.77. The van der Waals surface area contributed by atoms with Crippen LogP contribution in [0.4, 0.5) is 4.79 Å². The predicted octanol–water partition coefficient (Wildman–Crippen LogP) is 3.56. The summed E-state index contributed by atoms with van der Waals surface area (Å²) in [7, 11) is 0. The van der Waals surface area contributed by atoms with Gasteiger partial charge in [-0.05, 0) is 73.0 Å². The van der Waals surface area contributed by atoms with Gasteiger partial charge in [-0.15, -0.1) is 0 Å². The number of amides is 5. The molecule has 6 N–H and O–H groups in total. The Balaban J connectivity index is 1.54. The minimum Gasteiger partial charge on any atom is -0.508 e. The second kappa shape index (κ2) is 14.4. The number of hydrogen-bond acceptors (Lipinski definition) is 6. The summed E-state index contributed by atoms with van der Waals surface area (Å²) in [6.45, 7) is 9.95. The molecule has 1 unspecified atom stereocenters. The molecule has 254 valence electrons. The van der Waals surface area contributed by atoms with E-state index >= 15 is 0 Å². The number of nitrogens with two attached hydrogens (primary N) is 1. The van der Waals surface area contributed by atoms with Crippen LogP contribution in [0.25, 0.3) is 0 Å². The minimum atomic E-state index is -1.09. The number of carbonyl (C=O) groups excluding carboxylic acids is 5. The first-order chi connectivity index (χ1) is 21.6. The Hall–Kier alpha value is -3.63. The molecule has 0 radical (unpaired) electrons. The standard InChI is InChI=1S/C35H53N5O6/c1-21(2)25-14-17-40(27(25)31(44)37-26(19-22-12-13-22)28(42)30(36)43)32(45)29(34(3,4)5)38-33(46)39-35(15-7-6-8-16-35)20-23-10-9-11-24(41)18-23/h9-11,18,21-22,25-27,29,41H,6-8,12-17,19-20H2,1-5H3,(H2,36,43)(H,37,44)(H2,38,39,46)/t25-,26?,27+,29-/m1/s1. The lowest BCUT2D eigenvalue weighted by Crippen LogP contribution is -2.63. The zero-order chi connectivity index (χ0) is 33.8. The first kappa shape index (κ1) is 35.2. The number of aromatic hydroxyl groups is 1. The van der Waals surface area contributed by atoms with E-state index in [9.17, 15) is 29.1 Å². The number of nitrogens with one attached hydrogen (secondary N) is 3. The van der Waals surface area contributed by atoms with E-state index in [4.69, 9.17) is 5.73 Å². The Morgan fingerprint density at radius 3 is 2.26 bits per heavy atom. The van der Waals surface area contributed by atoms with E-state index in [1.54, 1.807) is 23.1 Å². The SMILES string of the molecule is CC(C)[C@H]1CCN(C(=O)[C@@H](NC(=O)NC2(Cc3cccc(O)c3)CCCCC2)C(C)(C)C)[C@@H]1C(=O)NC(CC1CC1)C(=O)C(N)=O. The Bertz CT molecular complexity index is 1300. The molecule has 5 amide bonds. The van der Waals surface area contributed by atoms with Gasteiger partial charge in [-0.1, -0.05) is 78.9 Å². The maximum absolute atomic E-state index is 14.4. The van der Waals surface area contributed by atoms with Crippen LogP contribution in [0.3, 0.4) is 0 Å². The lowest BCUT2D eigenvalue weighted by molar-refractivity contribution is -0.144. The number of benzene rings is 1. The molecule has 2 aliphatic carbocycles. The van der Waals surface area contributed by atoms with Crippen LogP contribution in [0, 0.1) is 23.2 Å².